The molecule has 0 radical (unpaired) electrons. The quantitative estimate of drug-likeness (QED) is 0.544. The van der Waals surface area contributed by atoms with E-state index in [2.05, 4.69) is 4.98 Å². The van der Waals surface area contributed by atoms with Crippen LogP contribution in [0.5, 0.6) is 0 Å². The Hall–Kier alpha value is -3.25. The lowest BCUT2D eigenvalue weighted by Gasteiger charge is -2.27. The molecule has 194 valence electrons. The Morgan fingerprint density at radius 1 is 1.25 bits per heavy atom. The predicted molar refractivity (Wildman–Crippen MR) is 132 cm³/mol. The van der Waals surface area contributed by atoms with E-state index in [0.717, 1.165) is 0 Å². The molecule has 2 N–H and O–H groups in total. The standard InChI is InChI=1S/C24H29FN4O6S/c1-15(2)22(26)23(30)34-14-18-13-29(24(31)35-18)17-4-5-19(20(25)11-17)16-3-6-21(27-12-16)28-7-9-36(32,33)10-8-28/h3-6,11-12,15,18,22H,7-10,13-14,26H2,1-2H3/t18?,22-/m0/s1. The van der Waals surface area contributed by atoms with Gasteiger partial charge in [-0.1, -0.05) is 13.8 Å². The van der Waals surface area contributed by atoms with Crippen LogP contribution in [0, 0.1) is 11.7 Å². The number of pyridine rings is 1. The van der Waals surface area contributed by atoms with Crippen LogP contribution in [0.25, 0.3) is 11.1 Å². The highest BCUT2D eigenvalue weighted by molar-refractivity contribution is 7.91. The maximum Gasteiger partial charge on any atom is 0.414 e. The number of halogens is 1. The fraction of sp³-hybridized carbons (Fsp3) is 0.458. The van der Waals surface area contributed by atoms with Gasteiger partial charge in [0.05, 0.1) is 23.7 Å². The maximum absolute atomic E-state index is 15.0. The highest BCUT2D eigenvalue weighted by Gasteiger charge is 2.34. The zero-order valence-electron chi connectivity index (χ0n) is 20.1. The molecule has 2 atom stereocenters. The lowest BCUT2D eigenvalue weighted by atomic mass is 10.1. The summed E-state index contributed by atoms with van der Waals surface area (Å²) in [5.74, 6) is -0.403. The molecule has 1 aromatic heterocycles. The van der Waals surface area contributed by atoms with Gasteiger partial charge in [-0.25, -0.2) is 22.6 Å². The van der Waals surface area contributed by atoms with Crippen molar-refractivity contribution >= 4 is 33.4 Å². The summed E-state index contributed by atoms with van der Waals surface area (Å²) in [6.07, 6.45) is 0.184. The maximum atomic E-state index is 15.0. The average Bonchev–Trinajstić information content (AvgIpc) is 3.22. The van der Waals surface area contributed by atoms with Gasteiger partial charge < -0.3 is 20.1 Å². The number of aromatic nitrogens is 1. The summed E-state index contributed by atoms with van der Waals surface area (Å²) in [7, 11) is -3.00. The third-order valence-electron chi connectivity index (χ3n) is 6.27. The molecule has 1 unspecified atom stereocenters. The Bertz CT molecular complexity index is 1220. The summed E-state index contributed by atoms with van der Waals surface area (Å²) >= 11 is 0. The Labute approximate surface area is 209 Å². The second kappa shape index (κ2) is 10.4. The Kier molecular flexibility index (Phi) is 7.46. The summed E-state index contributed by atoms with van der Waals surface area (Å²) in [6, 6.07) is 7.08. The number of hydrogen-bond acceptors (Lipinski definition) is 9. The van der Waals surface area contributed by atoms with Gasteiger partial charge in [0, 0.05) is 30.4 Å². The predicted octanol–water partition coefficient (Wildman–Crippen LogP) is 1.97. The molecule has 0 saturated carbocycles. The van der Waals surface area contributed by atoms with Crippen LogP contribution >= 0.6 is 0 Å². The van der Waals surface area contributed by atoms with Crippen LogP contribution in [-0.4, -0.2) is 75.4 Å². The number of anilines is 2. The smallest absolute Gasteiger partial charge is 0.414 e. The summed E-state index contributed by atoms with van der Waals surface area (Å²) < 4.78 is 48.7. The van der Waals surface area contributed by atoms with Gasteiger partial charge in [-0.15, -0.1) is 0 Å². The lowest BCUT2D eigenvalue weighted by Crippen LogP contribution is -2.40. The third-order valence-corrected chi connectivity index (χ3v) is 7.88. The first kappa shape index (κ1) is 25.8. The van der Waals surface area contributed by atoms with Crippen molar-refractivity contribution in [1.82, 2.24) is 4.98 Å². The number of amides is 1. The summed E-state index contributed by atoms with van der Waals surface area (Å²) in [4.78, 5) is 31.8. The molecule has 4 rings (SSSR count). The van der Waals surface area contributed by atoms with Crippen molar-refractivity contribution in [2.75, 3.05) is 47.5 Å². The average molecular weight is 521 g/mol. The zero-order valence-corrected chi connectivity index (χ0v) is 20.9. The van der Waals surface area contributed by atoms with Gasteiger partial charge in [0.1, 0.15) is 24.3 Å². The van der Waals surface area contributed by atoms with Crippen molar-refractivity contribution in [1.29, 1.82) is 0 Å². The molecule has 1 aromatic carbocycles. The SMILES string of the molecule is CC(C)[C@H](N)C(=O)OCC1CN(c2ccc(-c3ccc(N4CCS(=O)(=O)CC4)nc3)c(F)c2)C(=O)O1. The van der Waals surface area contributed by atoms with Crippen LogP contribution in [0.2, 0.25) is 0 Å². The fourth-order valence-corrected chi connectivity index (χ4v) is 5.14. The number of nitrogens with zero attached hydrogens (tertiary/aromatic N) is 3. The molecule has 1 amide bonds. The number of esters is 1. The molecule has 2 saturated heterocycles. The molecule has 0 spiro atoms. The first-order valence-corrected chi connectivity index (χ1v) is 13.5. The van der Waals surface area contributed by atoms with E-state index in [1.807, 2.05) is 4.90 Å². The Balaban J connectivity index is 1.39. The van der Waals surface area contributed by atoms with Crippen LogP contribution in [0.15, 0.2) is 36.5 Å². The van der Waals surface area contributed by atoms with E-state index in [-0.39, 0.29) is 30.6 Å². The number of carbonyl (C=O) groups excluding carboxylic acids is 2. The number of nitrogens with two attached hydrogens (primary N) is 1. The number of sulfone groups is 1. The molecule has 36 heavy (non-hydrogen) atoms. The molecule has 0 aliphatic carbocycles. The van der Waals surface area contributed by atoms with Gasteiger partial charge in [-0.3, -0.25) is 9.69 Å². The number of carbonyl (C=O) groups is 2. The van der Waals surface area contributed by atoms with Gasteiger partial charge in [-0.2, -0.15) is 0 Å². The van der Waals surface area contributed by atoms with Crippen LogP contribution in [-0.2, 0) is 24.1 Å². The van der Waals surface area contributed by atoms with Crippen molar-refractivity contribution in [3.8, 4) is 11.1 Å². The minimum atomic E-state index is -3.00. The van der Waals surface area contributed by atoms with Crippen LogP contribution in [0.3, 0.4) is 0 Å². The van der Waals surface area contributed by atoms with E-state index >= 15 is 4.39 Å². The van der Waals surface area contributed by atoms with E-state index in [0.29, 0.717) is 35.7 Å². The van der Waals surface area contributed by atoms with Gasteiger partial charge in [0.2, 0.25) is 0 Å². The third kappa shape index (κ3) is 5.76. The molecule has 2 aliphatic rings. The normalized spacial score (nSPS) is 20.4. The second-order valence-electron chi connectivity index (χ2n) is 9.22. The highest BCUT2D eigenvalue weighted by Crippen LogP contribution is 2.30. The largest absolute Gasteiger partial charge is 0.460 e. The molecule has 10 nitrogen and oxygen atoms in total. The number of ether oxygens (including phenoxy) is 2. The molecular formula is C24H29FN4O6S. The Morgan fingerprint density at radius 3 is 2.58 bits per heavy atom. The van der Waals surface area contributed by atoms with Gasteiger partial charge in [0.15, 0.2) is 15.9 Å². The fourth-order valence-electron chi connectivity index (χ4n) is 3.94. The topological polar surface area (TPSA) is 132 Å². The highest BCUT2D eigenvalue weighted by atomic mass is 32.2. The van der Waals surface area contributed by atoms with Crippen molar-refractivity contribution in [3.63, 3.8) is 0 Å². The zero-order chi connectivity index (χ0) is 26.0. The minimum Gasteiger partial charge on any atom is -0.460 e. The van der Waals surface area contributed by atoms with Crippen LogP contribution < -0.4 is 15.5 Å². The van der Waals surface area contributed by atoms with Crippen molar-refractivity contribution < 1.29 is 31.9 Å². The van der Waals surface area contributed by atoms with E-state index in [1.165, 1.54) is 17.2 Å². The molecule has 3 heterocycles. The number of rotatable bonds is 7. The van der Waals surface area contributed by atoms with E-state index in [4.69, 9.17) is 15.2 Å². The first-order chi connectivity index (χ1) is 17.0. The summed E-state index contributed by atoms with van der Waals surface area (Å²) in [5.41, 5.74) is 6.92. The molecule has 2 fully saturated rings. The first-order valence-electron chi connectivity index (χ1n) is 11.7. The summed E-state index contributed by atoms with van der Waals surface area (Å²) in [6.45, 7) is 4.31. The van der Waals surface area contributed by atoms with Crippen molar-refractivity contribution in [3.05, 3.63) is 42.3 Å². The molecule has 2 aliphatic heterocycles. The number of benzene rings is 1. The Morgan fingerprint density at radius 2 is 1.97 bits per heavy atom. The number of hydrogen-bond donors (Lipinski definition) is 1. The van der Waals surface area contributed by atoms with Crippen molar-refractivity contribution in [2.24, 2.45) is 11.7 Å². The minimum absolute atomic E-state index is 0.0836. The molecule has 2 aromatic rings. The van der Waals surface area contributed by atoms with Gasteiger partial charge in [0.25, 0.3) is 0 Å². The number of cyclic esters (lactones) is 1. The lowest BCUT2D eigenvalue weighted by molar-refractivity contribution is -0.148. The van der Waals surface area contributed by atoms with E-state index in [9.17, 15) is 18.0 Å². The molecular weight excluding hydrogens is 491 g/mol. The monoisotopic (exact) mass is 520 g/mol. The van der Waals surface area contributed by atoms with Crippen molar-refractivity contribution in [2.45, 2.75) is 26.0 Å². The van der Waals surface area contributed by atoms with Gasteiger partial charge >= 0.3 is 12.1 Å². The van der Waals surface area contributed by atoms with Gasteiger partial charge in [-0.05, 0) is 36.2 Å². The summed E-state index contributed by atoms with van der Waals surface area (Å²) in [5, 5.41) is 0. The van der Waals surface area contributed by atoms with Crippen LogP contribution in [0.1, 0.15) is 13.8 Å². The molecule has 0 bridgehead atoms. The van der Waals surface area contributed by atoms with Crippen LogP contribution in [0.4, 0.5) is 20.7 Å². The molecule has 12 heteroatoms. The second-order valence-corrected chi connectivity index (χ2v) is 11.5. The van der Waals surface area contributed by atoms with E-state index in [1.54, 1.807) is 38.1 Å². The van der Waals surface area contributed by atoms with E-state index < -0.39 is 39.9 Å².